The van der Waals surface area contributed by atoms with E-state index in [1.54, 1.807) is 4.68 Å². The smallest absolute Gasteiger partial charge is 0.131 e. The monoisotopic (exact) mass is 243 g/mol. The van der Waals surface area contributed by atoms with E-state index in [2.05, 4.69) is 17.3 Å². The Morgan fingerprint density at radius 3 is 2.62 bits per heavy atom. The van der Waals surface area contributed by atoms with Crippen LogP contribution in [0.25, 0.3) is 0 Å². The average molecular weight is 244 g/mol. The Kier molecular flexibility index (Phi) is 5.85. The number of nitrogens with zero attached hydrogens (tertiary/aromatic N) is 2. The fraction of sp³-hybridized carbons (Fsp3) is 0.750. The van der Waals surface area contributed by atoms with Crippen LogP contribution in [0.15, 0.2) is 0 Å². The summed E-state index contributed by atoms with van der Waals surface area (Å²) < 4.78 is 1.73. The molecule has 0 aliphatic carbocycles. The SMILES string of the molecule is CCCCCCNCc1c(C)nn(C)c1Cl. The van der Waals surface area contributed by atoms with Gasteiger partial charge in [-0.15, -0.1) is 0 Å². The summed E-state index contributed by atoms with van der Waals surface area (Å²) in [6, 6.07) is 0. The van der Waals surface area contributed by atoms with E-state index in [4.69, 9.17) is 11.6 Å². The van der Waals surface area contributed by atoms with Crippen molar-refractivity contribution in [3.05, 3.63) is 16.4 Å². The number of unbranched alkanes of at least 4 members (excludes halogenated alkanes) is 3. The number of aromatic nitrogens is 2. The third-order valence-corrected chi connectivity index (χ3v) is 3.25. The molecule has 0 bridgehead atoms. The Labute approximate surface area is 103 Å². The van der Waals surface area contributed by atoms with Crippen molar-refractivity contribution >= 4 is 11.6 Å². The van der Waals surface area contributed by atoms with Gasteiger partial charge in [0, 0.05) is 19.2 Å². The quantitative estimate of drug-likeness (QED) is 0.746. The Balaban J connectivity index is 2.26. The van der Waals surface area contributed by atoms with Crippen molar-refractivity contribution in [2.75, 3.05) is 6.54 Å². The largest absolute Gasteiger partial charge is 0.312 e. The molecule has 0 aromatic carbocycles. The molecule has 0 aliphatic rings. The molecule has 1 aromatic heterocycles. The van der Waals surface area contributed by atoms with E-state index in [1.807, 2.05) is 14.0 Å². The summed E-state index contributed by atoms with van der Waals surface area (Å²) in [5.41, 5.74) is 2.15. The number of rotatable bonds is 7. The molecule has 0 aliphatic heterocycles. The minimum atomic E-state index is 0.749. The van der Waals surface area contributed by atoms with Gasteiger partial charge < -0.3 is 5.32 Å². The first-order valence-corrected chi connectivity index (χ1v) is 6.43. The maximum atomic E-state index is 6.14. The van der Waals surface area contributed by atoms with Gasteiger partial charge in [-0.3, -0.25) is 4.68 Å². The molecule has 0 unspecified atom stereocenters. The first kappa shape index (κ1) is 13.5. The third-order valence-electron chi connectivity index (χ3n) is 2.78. The number of aryl methyl sites for hydroxylation is 2. The molecule has 1 aromatic rings. The standard InChI is InChI=1S/C12H22ClN3/c1-4-5-6-7-8-14-9-11-10(2)15-16(3)12(11)13/h14H,4-9H2,1-3H3. The summed E-state index contributed by atoms with van der Waals surface area (Å²) in [5, 5.41) is 8.45. The highest BCUT2D eigenvalue weighted by molar-refractivity contribution is 6.30. The second kappa shape index (κ2) is 6.92. The second-order valence-corrected chi connectivity index (χ2v) is 4.57. The van der Waals surface area contributed by atoms with Crippen molar-refractivity contribution < 1.29 is 0 Å². The first-order valence-electron chi connectivity index (χ1n) is 6.05. The molecule has 1 N–H and O–H groups in total. The van der Waals surface area contributed by atoms with Gasteiger partial charge in [0.1, 0.15) is 5.15 Å². The minimum absolute atomic E-state index is 0.749. The summed E-state index contributed by atoms with van der Waals surface area (Å²) in [6.07, 6.45) is 5.16. The van der Waals surface area contributed by atoms with Crippen LogP contribution in [0.3, 0.4) is 0 Å². The van der Waals surface area contributed by atoms with Crippen LogP contribution in [0.4, 0.5) is 0 Å². The molecule has 0 atom stereocenters. The van der Waals surface area contributed by atoms with Gasteiger partial charge in [0.05, 0.1) is 5.69 Å². The highest BCUT2D eigenvalue weighted by Crippen LogP contribution is 2.17. The summed E-state index contributed by atoms with van der Waals surface area (Å²) >= 11 is 6.14. The predicted octanol–water partition coefficient (Wildman–Crippen LogP) is 3.05. The van der Waals surface area contributed by atoms with E-state index >= 15 is 0 Å². The zero-order valence-electron chi connectivity index (χ0n) is 10.5. The van der Waals surface area contributed by atoms with Crippen LogP contribution in [0.5, 0.6) is 0 Å². The Hall–Kier alpha value is -0.540. The van der Waals surface area contributed by atoms with Crippen molar-refractivity contribution in [1.29, 1.82) is 0 Å². The highest BCUT2D eigenvalue weighted by Gasteiger charge is 2.09. The Morgan fingerprint density at radius 2 is 2.06 bits per heavy atom. The number of nitrogens with one attached hydrogen (secondary N) is 1. The van der Waals surface area contributed by atoms with Gasteiger partial charge in [0.25, 0.3) is 0 Å². The molecular weight excluding hydrogens is 222 g/mol. The van der Waals surface area contributed by atoms with Gasteiger partial charge >= 0.3 is 0 Å². The lowest BCUT2D eigenvalue weighted by Crippen LogP contribution is -2.15. The minimum Gasteiger partial charge on any atom is -0.312 e. The van der Waals surface area contributed by atoms with E-state index in [0.29, 0.717) is 0 Å². The lowest BCUT2D eigenvalue weighted by Gasteiger charge is -2.04. The van der Waals surface area contributed by atoms with Gasteiger partial charge in [-0.1, -0.05) is 37.8 Å². The fourth-order valence-electron chi connectivity index (χ4n) is 1.76. The molecule has 1 heterocycles. The fourth-order valence-corrected chi connectivity index (χ4v) is 2.01. The molecule has 92 valence electrons. The van der Waals surface area contributed by atoms with E-state index < -0.39 is 0 Å². The van der Waals surface area contributed by atoms with Gasteiger partial charge in [-0.05, 0) is 19.9 Å². The van der Waals surface area contributed by atoms with E-state index in [1.165, 1.54) is 25.7 Å². The van der Waals surface area contributed by atoms with Crippen molar-refractivity contribution in [2.24, 2.45) is 7.05 Å². The summed E-state index contributed by atoms with van der Waals surface area (Å²) in [5.74, 6) is 0. The number of hydrogen-bond donors (Lipinski definition) is 1. The van der Waals surface area contributed by atoms with Gasteiger partial charge in [-0.2, -0.15) is 5.10 Å². The Bertz CT molecular complexity index is 320. The summed E-state index contributed by atoms with van der Waals surface area (Å²) in [4.78, 5) is 0. The summed E-state index contributed by atoms with van der Waals surface area (Å²) in [6.45, 7) is 6.11. The van der Waals surface area contributed by atoms with Crippen LogP contribution in [0.2, 0.25) is 5.15 Å². The highest BCUT2D eigenvalue weighted by atomic mass is 35.5. The second-order valence-electron chi connectivity index (χ2n) is 4.22. The molecular formula is C12H22ClN3. The maximum Gasteiger partial charge on any atom is 0.131 e. The molecule has 16 heavy (non-hydrogen) atoms. The normalized spacial score (nSPS) is 11.0. The molecule has 0 radical (unpaired) electrons. The van der Waals surface area contributed by atoms with E-state index in [-0.39, 0.29) is 0 Å². The van der Waals surface area contributed by atoms with Gasteiger partial charge in [0.2, 0.25) is 0 Å². The van der Waals surface area contributed by atoms with Crippen LogP contribution in [-0.4, -0.2) is 16.3 Å². The third kappa shape index (κ3) is 3.80. The van der Waals surface area contributed by atoms with Crippen LogP contribution in [-0.2, 0) is 13.6 Å². The maximum absolute atomic E-state index is 6.14. The van der Waals surface area contributed by atoms with Gasteiger partial charge in [-0.25, -0.2) is 0 Å². The molecule has 0 spiro atoms. The van der Waals surface area contributed by atoms with Gasteiger partial charge in [0.15, 0.2) is 0 Å². The van der Waals surface area contributed by atoms with Crippen LogP contribution < -0.4 is 5.32 Å². The zero-order chi connectivity index (χ0) is 12.0. The molecule has 1 rings (SSSR count). The molecule has 0 fully saturated rings. The predicted molar refractivity (Wildman–Crippen MR) is 68.8 cm³/mol. The molecule has 0 amide bonds. The van der Waals surface area contributed by atoms with Crippen LogP contribution in [0, 0.1) is 6.92 Å². The Morgan fingerprint density at radius 1 is 1.31 bits per heavy atom. The average Bonchev–Trinajstić information content (AvgIpc) is 2.49. The van der Waals surface area contributed by atoms with Crippen molar-refractivity contribution in [1.82, 2.24) is 15.1 Å². The van der Waals surface area contributed by atoms with Crippen molar-refractivity contribution in [3.8, 4) is 0 Å². The number of halogens is 1. The summed E-state index contributed by atoms with van der Waals surface area (Å²) in [7, 11) is 1.88. The van der Waals surface area contributed by atoms with E-state index in [0.717, 1.165) is 29.5 Å². The first-order chi connectivity index (χ1) is 7.66. The lowest BCUT2D eigenvalue weighted by atomic mass is 10.2. The van der Waals surface area contributed by atoms with E-state index in [9.17, 15) is 0 Å². The van der Waals surface area contributed by atoms with Crippen LogP contribution in [0.1, 0.15) is 43.9 Å². The van der Waals surface area contributed by atoms with Crippen molar-refractivity contribution in [3.63, 3.8) is 0 Å². The molecule has 0 saturated carbocycles. The zero-order valence-corrected chi connectivity index (χ0v) is 11.3. The number of hydrogen-bond acceptors (Lipinski definition) is 2. The lowest BCUT2D eigenvalue weighted by molar-refractivity contribution is 0.597. The molecule has 4 heteroatoms. The molecule has 0 saturated heterocycles. The molecule has 3 nitrogen and oxygen atoms in total. The topological polar surface area (TPSA) is 29.9 Å². The van der Waals surface area contributed by atoms with Crippen LogP contribution >= 0.6 is 11.6 Å². The van der Waals surface area contributed by atoms with Crippen molar-refractivity contribution in [2.45, 2.75) is 46.1 Å².